The maximum Gasteiger partial charge on any atom is 0.401 e. The summed E-state index contributed by atoms with van der Waals surface area (Å²) < 4.78 is 41.6. The van der Waals surface area contributed by atoms with Gasteiger partial charge in [-0.15, -0.1) is 0 Å². The third kappa shape index (κ3) is 4.51. The zero-order valence-corrected chi connectivity index (χ0v) is 9.54. The molecule has 1 unspecified atom stereocenters. The van der Waals surface area contributed by atoms with Crippen molar-refractivity contribution in [2.45, 2.75) is 25.1 Å². The molecule has 0 amide bonds. The number of halogens is 3. The van der Waals surface area contributed by atoms with Crippen molar-refractivity contribution in [2.24, 2.45) is 5.92 Å². The lowest BCUT2D eigenvalue weighted by Crippen LogP contribution is -2.48. The van der Waals surface area contributed by atoms with E-state index in [-0.39, 0.29) is 12.5 Å². The van der Waals surface area contributed by atoms with Crippen molar-refractivity contribution in [3.8, 4) is 0 Å². The predicted molar refractivity (Wildman–Crippen MR) is 53.2 cm³/mol. The Bertz CT molecular complexity index is 266. The minimum atomic E-state index is -4.39. The van der Waals surface area contributed by atoms with E-state index in [0.29, 0.717) is 0 Å². The highest BCUT2D eigenvalue weighted by Crippen LogP contribution is 2.36. The Labute approximate surface area is 97.3 Å². The first-order chi connectivity index (χ1) is 7.89. The molecule has 0 heterocycles. The third-order valence-electron chi connectivity index (χ3n) is 2.67. The van der Waals surface area contributed by atoms with Crippen molar-refractivity contribution < 1.29 is 27.8 Å². The van der Waals surface area contributed by atoms with E-state index in [2.05, 4.69) is 4.74 Å². The van der Waals surface area contributed by atoms with Crippen LogP contribution in [0.15, 0.2) is 0 Å². The van der Waals surface area contributed by atoms with Crippen molar-refractivity contribution in [3.05, 3.63) is 0 Å². The van der Waals surface area contributed by atoms with Gasteiger partial charge in [-0.05, 0) is 18.8 Å². The van der Waals surface area contributed by atoms with Gasteiger partial charge in [0.1, 0.15) is 6.04 Å². The molecule has 1 atom stereocenters. The van der Waals surface area contributed by atoms with E-state index in [1.54, 1.807) is 0 Å². The highest BCUT2D eigenvalue weighted by molar-refractivity contribution is 5.76. The van der Waals surface area contributed by atoms with Gasteiger partial charge in [-0.1, -0.05) is 0 Å². The molecule has 0 aromatic heterocycles. The maximum absolute atomic E-state index is 12.4. The Kier molecular flexibility index (Phi) is 4.76. The van der Waals surface area contributed by atoms with Crippen LogP contribution in [0.5, 0.6) is 0 Å². The molecule has 100 valence electrons. The first-order valence-electron chi connectivity index (χ1n) is 5.38. The van der Waals surface area contributed by atoms with Gasteiger partial charge in [0.15, 0.2) is 0 Å². The molecule has 0 aliphatic heterocycles. The quantitative estimate of drug-likeness (QED) is 0.713. The molecular formula is C10H16F3NO3. The van der Waals surface area contributed by atoms with Crippen LogP contribution in [0.25, 0.3) is 0 Å². The number of hydrogen-bond acceptors (Lipinski definition) is 4. The van der Waals surface area contributed by atoms with Crippen molar-refractivity contribution in [3.63, 3.8) is 0 Å². The fraction of sp³-hybridized carbons (Fsp3) is 0.900. The van der Waals surface area contributed by atoms with E-state index in [9.17, 15) is 18.0 Å². The zero-order valence-electron chi connectivity index (χ0n) is 9.54. The maximum atomic E-state index is 12.4. The third-order valence-corrected chi connectivity index (χ3v) is 2.67. The smallest absolute Gasteiger partial charge is 0.401 e. The molecule has 0 bridgehead atoms. The Morgan fingerprint density at radius 1 is 1.53 bits per heavy atom. The van der Waals surface area contributed by atoms with Gasteiger partial charge in [0, 0.05) is 6.54 Å². The van der Waals surface area contributed by atoms with Crippen LogP contribution in [0.4, 0.5) is 13.2 Å². The summed E-state index contributed by atoms with van der Waals surface area (Å²) in [5, 5.41) is 8.78. The van der Waals surface area contributed by atoms with Crippen molar-refractivity contribution >= 4 is 5.97 Å². The summed E-state index contributed by atoms with van der Waals surface area (Å²) in [6.45, 7) is -1.81. The predicted octanol–water partition coefficient (Wildman–Crippen LogP) is 0.795. The van der Waals surface area contributed by atoms with Crippen LogP contribution in [-0.4, -0.2) is 55.0 Å². The summed E-state index contributed by atoms with van der Waals surface area (Å²) in [6, 6.07) is -0.895. The SMILES string of the molecule is COC(=O)C(C1CC1)N(CCO)CC(F)(F)F. The van der Waals surface area contributed by atoms with Gasteiger partial charge >= 0.3 is 12.1 Å². The monoisotopic (exact) mass is 255 g/mol. The van der Waals surface area contributed by atoms with Gasteiger partial charge in [-0.2, -0.15) is 13.2 Å². The minimum absolute atomic E-state index is 0.0867. The second kappa shape index (κ2) is 5.68. The van der Waals surface area contributed by atoms with E-state index in [1.165, 1.54) is 0 Å². The largest absolute Gasteiger partial charge is 0.468 e. The molecule has 0 saturated heterocycles. The number of esters is 1. The highest BCUT2D eigenvalue weighted by atomic mass is 19.4. The summed E-state index contributed by atoms with van der Waals surface area (Å²) in [5.74, 6) is -0.749. The number of aliphatic hydroxyl groups is 1. The molecule has 0 radical (unpaired) electrons. The fourth-order valence-corrected chi connectivity index (χ4v) is 1.85. The van der Waals surface area contributed by atoms with Crippen LogP contribution in [-0.2, 0) is 9.53 Å². The Balaban J connectivity index is 2.73. The lowest BCUT2D eigenvalue weighted by molar-refractivity contribution is -0.165. The van der Waals surface area contributed by atoms with E-state index >= 15 is 0 Å². The molecule has 0 aromatic rings. The number of rotatable bonds is 6. The average Bonchev–Trinajstić information content (AvgIpc) is 3.00. The van der Waals surface area contributed by atoms with Crippen LogP contribution in [0, 0.1) is 5.92 Å². The number of hydrogen-bond donors (Lipinski definition) is 1. The highest BCUT2D eigenvalue weighted by Gasteiger charge is 2.44. The number of methoxy groups -OCH3 is 1. The molecule has 0 aromatic carbocycles. The Morgan fingerprint density at radius 3 is 2.47 bits per heavy atom. The summed E-state index contributed by atoms with van der Waals surface area (Å²) >= 11 is 0. The van der Waals surface area contributed by atoms with Gasteiger partial charge in [-0.25, -0.2) is 0 Å². The summed E-state index contributed by atoms with van der Waals surface area (Å²) in [4.78, 5) is 12.4. The molecule has 17 heavy (non-hydrogen) atoms. The first-order valence-corrected chi connectivity index (χ1v) is 5.38. The van der Waals surface area contributed by atoms with Crippen molar-refractivity contribution in [1.82, 2.24) is 4.90 Å². The van der Waals surface area contributed by atoms with Crippen LogP contribution in [0.3, 0.4) is 0 Å². The van der Waals surface area contributed by atoms with Gasteiger partial charge in [0.2, 0.25) is 0 Å². The second-order valence-electron chi connectivity index (χ2n) is 4.11. The van der Waals surface area contributed by atoms with Crippen LogP contribution < -0.4 is 0 Å². The molecule has 1 saturated carbocycles. The Hall–Kier alpha value is -0.820. The summed E-state index contributed by atoms with van der Waals surface area (Å²) in [6.07, 6.45) is -2.95. The molecule has 0 spiro atoms. The second-order valence-corrected chi connectivity index (χ2v) is 4.11. The van der Waals surface area contributed by atoms with E-state index < -0.39 is 31.3 Å². The zero-order chi connectivity index (χ0) is 13.1. The number of carbonyl (C=O) groups excluding carboxylic acids is 1. The van der Waals surface area contributed by atoms with Crippen LogP contribution >= 0.6 is 0 Å². The molecule has 1 aliphatic carbocycles. The lowest BCUT2D eigenvalue weighted by atomic mass is 10.1. The number of alkyl halides is 3. The van der Waals surface area contributed by atoms with Crippen LogP contribution in [0.1, 0.15) is 12.8 Å². The van der Waals surface area contributed by atoms with Crippen molar-refractivity contribution in [1.29, 1.82) is 0 Å². The summed E-state index contributed by atoms with van der Waals surface area (Å²) in [7, 11) is 1.16. The number of aliphatic hydroxyl groups excluding tert-OH is 1. The minimum Gasteiger partial charge on any atom is -0.468 e. The molecule has 1 aliphatic rings. The van der Waals surface area contributed by atoms with Gasteiger partial charge in [-0.3, -0.25) is 9.69 Å². The van der Waals surface area contributed by atoms with E-state index in [4.69, 9.17) is 5.11 Å². The van der Waals surface area contributed by atoms with Gasteiger partial charge < -0.3 is 9.84 Å². The normalized spacial score (nSPS) is 18.2. The number of nitrogens with zero attached hydrogens (tertiary/aromatic N) is 1. The molecule has 1 rings (SSSR count). The standard InChI is InChI=1S/C10H16F3NO3/c1-17-9(16)8(7-2-3-7)14(4-5-15)6-10(11,12)13/h7-8,15H,2-6H2,1H3. The molecular weight excluding hydrogens is 239 g/mol. The van der Waals surface area contributed by atoms with Gasteiger partial charge in [0.05, 0.1) is 20.3 Å². The van der Waals surface area contributed by atoms with E-state index in [0.717, 1.165) is 24.9 Å². The van der Waals surface area contributed by atoms with E-state index in [1.807, 2.05) is 0 Å². The number of ether oxygens (including phenoxy) is 1. The molecule has 1 fully saturated rings. The Morgan fingerprint density at radius 2 is 2.12 bits per heavy atom. The van der Waals surface area contributed by atoms with Crippen LogP contribution in [0.2, 0.25) is 0 Å². The number of carbonyl (C=O) groups is 1. The fourth-order valence-electron chi connectivity index (χ4n) is 1.85. The first kappa shape index (κ1) is 14.2. The van der Waals surface area contributed by atoms with Gasteiger partial charge in [0.25, 0.3) is 0 Å². The lowest BCUT2D eigenvalue weighted by Gasteiger charge is -2.29. The molecule has 7 heteroatoms. The summed E-state index contributed by atoms with van der Waals surface area (Å²) in [5.41, 5.74) is 0. The van der Waals surface area contributed by atoms with Crippen molar-refractivity contribution in [2.75, 3.05) is 26.8 Å². The molecule has 1 N–H and O–H groups in total. The molecule has 4 nitrogen and oxygen atoms in total. The topological polar surface area (TPSA) is 49.8 Å². The average molecular weight is 255 g/mol.